The highest BCUT2D eigenvalue weighted by molar-refractivity contribution is 6.35. The third-order valence-electron chi connectivity index (χ3n) is 3.58. The van der Waals surface area contributed by atoms with Gasteiger partial charge in [0.05, 0.1) is 10.7 Å². The molecule has 0 aliphatic heterocycles. The van der Waals surface area contributed by atoms with E-state index in [9.17, 15) is 4.79 Å². The number of ketones is 1. The van der Waals surface area contributed by atoms with E-state index in [1.54, 1.807) is 36.4 Å². The first-order chi connectivity index (χ1) is 11.6. The van der Waals surface area contributed by atoms with Crippen LogP contribution in [0.4, 0.5) is 11.5 Å². The van der Waals surface area contributed by atoms with Crippen molar-refractivity contribution in [1.82, 2.24) is 4.98 Å². The van der Waals surface area contributed by atoms with Crippen molar-refractivity contribution in [2.75, 3.05) is 11.1 Å². The van der Waals surface area contributed by atoms with Crippen molar-refractivity contribution in [2.24, 2.45) is 0 Å². The van der Waals surface area contributed by atoms with E-state index in [2.05, 4.69) is 10.3 Å². The number of nitrogens with zero attached hydrogens (tertiary/aromatic N) is 1. The van der Waals surface area contributed by atoms with Gasteiger partial charge in [-0.25, -0.2) is 4.98 Å². The number of nitrogens with one attached hydrogen (secondary N) is 1. The lowest BCUT2D eigenvalue weighted by molar-refractivity contribution is 0.103. The Bertz CT molecular complexity index is 865. The van der Waals surface area contributed by atoms with Gasteiger partial charge in [-0.05, 0) is 29.8 Å². The molecule has 0 saturated heterocycles. The Hall–Kier alpha value is -2.85. The van der Waals surface area contributed by atoms with E-state index in [4.69, 9.17) is 17.3 Å². The summed E-state index contributed by atoms with van der Waals surface area (Å²) in [6.45, 7) is 0.609. The largest absolute Gasteiger partial charge is 0.397 e. The number of halogens is 1. The highest BCUT2D eigenvalue weighted by Gasteiger charge is 2.17. The van der Waals surface area contributed by atoms with Gasteiger partial charge >= 0.3 is 0 Å². The highest BCUT2D eigenvalue weighted by atomic mass is 35.5. The van der Waals surface area contributed by atoms with Crippen LogP contribution in [-0.2, 0) is 6.54 Å². The van der Waals surface area contributed by atoms with E-state index >= 15 is 0 Å². The van der Waals surface area contributed by atoms with E-state index in [0.717, 1.165) is 5.56 Å². The summed E-state index contributed by atoms with van der Waals surface area (Å²) in [5.41, 5.74) is 7.96. The Morgan fingerprint density at radius 3 is 2.46 bits per heavy atom. The molecule has 120 valence electrons. The third kappa shape index (κ3) is 3.55. The number of pyridine rings is 1. The van der Waals surface area contributed by atoms with Crippen molar-refractivity contribution < 1.29 is 4.79 Å². The normalized spacial score (nSPS) is 10.4. The van der Waals surface area contributed by atoms with Crippen LogP contribution in [0.2, 0.25) is 5.02 Å². The number of anilines is 2. The molecule has 5 heteroatoms. The maximum absolute atomic E-state index is 12.7. The molecule has 2 aromatic carbocycles. The van der Waals surface area contributed by atoms with Gasteiger partial charge in [-0.3, -0.25) is 4.79 Å². The average molecular weight is 338 g/mol. The monoisotopic (exact) mass is 337 g/mol. The lowest BCUT2D eigenvalue weighted by atomic mass is 10.1. The Labute approximate surface area is 145 Å². The lowest BCUT2D eigenvalue weighted by Crippen LogP contribution is -2.11. The molecule has 3 rings (SSSR count). The van der Waals surface area contributed by atoms with Gasteiger partial charge < -0.3 is 11.1 Å². The molecule has 0 fully saturated rings. The molecule has 0 amide bonds. The number of carbonyl (C=O) groups excluding carboxylic acids is 1. The van der Waals surface area contributed by atoms with E-state index in [-0.39, 0.29) is 11.5 Å². The Morgan fingerprint density at radius 1 is 1.00 bits per heavy atom. The summed E-state index contributed by atoms with van der Waals surface area (Å²) in [4.78, 5) is 17.0. The van der Waals surface area contributed by atoms with Crippen molar-refractivity contribution in [1.29, 1.82) is 0 Å². The predicted molar refractivity (Wildman–Crippen MR) is 97.3 cm³/mol. The van der Waals surface area contributed by atoms with E-state index in [0.29, 0.717) is 28.6 Å². The van der Waals surface area contributed by atoms with Crippen molar-refractivity contribution in [3.05, 3.63) is 88.6 Å². The SMILES string of the molecule is Nc1ccc(NCc2ccccc2)nc1C(=O)c1ccccc1Cl. The number of rotatable bonds is 5. The van der Waals surface area contributed by atoms with Crippen molar-refractivity contribution in [2.45, 2.75) is 6.54 Å². The molecule has 0 saturated carbocycles. The van der Waals surface area contributed by atoms with Gasteiger partial charge in [0.2, 0.25) is 5.78 Å². The van der Waals surface area contributed by atoms with Gasteiger partial charge in [-0.15, -0.1) is 0 Å². The van der Waals surface area contributed by atoms with Gasteiger partial charge in [-0.1, -0.05) is 54.1 Å². The first kappa shape index (κ1) is 16.0. The molecule has 3 N–H and O–H groups in total. The minimum absolute atomic E-state index is 0.196. The zero-order valence-electron chi connectivity index (χ0n) is 12.9. The molecule has 0 spiro atoms. The van der Waals surface area contributed by atoms with Gasteiger partial charge in [0.1, 0.15) is 11.5 Å². The third-order valence-corrected chi connectivity index (χ3v) is 3.91. The summed E-state index contributed by atoms with van der Waals surface area (Å²) < 4.78 is 0. The summed E-state index contributed by atoms with van der Waals surface area (Å²) >= 11 is 6.10. The summed E-state index contributed by atoms with van der Waals surface area (Å²) in [5, 5.41) is 3.58. The second-order valence-electron chi connectivity index (χ2n) is 5.28. The molecule has 1 aromatic heterocycles. The van der Waals surface area contributed by atoms with Crippen LogP contribution in [0.5, 0.6) is 0 Å². The standard InChI is InChI=1S/C19H16ClN3O/c20-15-9-5-4-8-14(15)19(24)18-16(21)10-11-17(23-18)22-12-13-6-2-1-3-7-13/h1-11H,12,21H2,(H,22,23). The fraction of sp³-hybridized carbons (Fsp3) is 0.0526. The summed E-state index contributed by atoms with van der Waals surface area (Å²) in [5.74, 6) is 0.296. The first-order valence-corrected chi connectivity index (χ1v) is 7.86. The number of hydrogen-bond donors (Lipinski definition) is 2. The van der Waals surface area contributed by atoms with Crippen molar-refractivity contribution in [3.8, 4) is 0 Å². The van der Waals surface area contributed by atoms with E-state index in [1.165, 1.54) is 0 Å². The molecule has 4 nitrogen and oxygen atoms in total. The molecule has 0 aliphatic rings. The second-order valence-corrected chi connectivity index (χ2v) is 5.69. The number of carbonyl (C=O) groups is 1. The van der Waals surface area contributed by atoms with Crippen molar-refractivity contribution in [3.63, 3.8) is 0 Å². The first-order valence-electron chi connectivity index (χ1n) is 7.48. The smallest absolute Gasteiger partial charge is 0.215 e. The number of nitrogen functional groups attached to an aromatic ring is 1. The predicted octanol–water partition coefficient (Wildman–Crippen LogP) is 4.16. The average Bonchev–Trinajstić information content (AvgIpc) is 2.62. The minimum Gasteiger partial charge on any atom is -0.397 e. The van der Waals surface area contributed by atoms with Gasteiger partial charge in [0.15, 0.2) is 0 Å². The number of aromatic nitrogens is 1. The van der Waals surface area contributed by atoms with Crippen LogP contribution in [0.3, 0.4) is 0 Å². The Morgan fingerprint density at radius 2 is 1.71 bits per heavy atom. The number of hydrogen-bond acceptors (Lipinski definition) is 4. The van der Waals surface area contributed by atoms with E-state index in [1.807, 2.05) is 30.3 Å². The molecule has 3 aromatic rings. The van der Waals surface area contributed by atoms with Crippen LogP contribution >= 0.6 is 11.6 Å². The van der Waals surface area contributed by atoms with Crippen LogP contribution in [-0.4, -0.2) is 10.8 Å². The second kappa shape index (κ2) is 7.15. The Kier molecular flexibility index (Phi) is 4.77. The number of nitrogens with two attached hydrogens (primary N) is 1. The zero-order valence-corrected chi connectivity index (χ0v) is 13.6. The molecule has 0 aliphatic carbocycles. The fourth-order valence-corrected chi connectivity index (χ4v) is 2.53. The van der Waals surface area contributed by atoms with Crippen LogP contribution in [0, 0.1) is 0 Å². The fourth-order valence-electron chi connectivity index (χ4n) is 2.31. The molecule has 0 radical (unpaired) electrons. The molecular weight excluding hydrogens is 322 g/mol. The van der Waals surface area contributed by atoms with E-state index < -0.39 is 0 Å². The molecule has 24 heavy (non-hydrogen) atoms. The summed E-state index contributed by atoms with van der Waals surface area (Å²) in [6.07, 6.45) is 0. The maximum Gasteiger partial charge on any atom is 0.215 e. The molecular formula is C19H16ClN3O. The quantitative estimate of drug-likeness (QED) is 0.686. The summed E-state index contributed by atoms with van der Waals surface area (Å²) in [7, 11) is 0. The number of benzene rings is 2. The maximum atomic E-state index is 12.7. The van der Waals surface area contributed by atoms with Crippen LogP contribution < -0.4 is 11.1 Å². The van der Waals surface area contributed by atoms with Gasteiger partial charge in [-0.2, -0.15) is 0 Å². The lowest BCUT2D eigenvalue weighted by Gasteiger charge is -2.10. The van der Waals surface area contributed by atoms with Crippen LogP contribution in [0.15, 0.2) is 66.7 Å². The van der Waals surface area contributed by atoms with Gasteiger partial charge in [0, 0.05) is 12.1 Å². The zero-order chi connectivity index (χ0) is 16.9. The molecule has 0 bridgehead atoms. The Balaban J connectivity index is 1.84. The highest BCUT2D eigenvalue weighted by Crippen LogP contribution is 2.22. The summed E-state index contributed by atoms with van der Waals surface area (Å²) in [6, 6.07) is 20.2. The van der Waals surface area contributed by atoms with Crippen LogP contribution in [0.1, 0.15) is 21.6 Å². The van der Waals surface area contributed by atoms with Crippen molar-refractivity contribution >= 4 is 28.9 Å². The van der Waals surface area contributed by atoms with Crippen LogP contribution in [0.25, 0.3) is 0 Å². The van der Waals surface area contributed by atoms with Gasteiger partial charge in [0.25, 0.3) is 0 Å². The molecule has 1 heterocycles. The topological polar surface area (TPSA) is 68.0 Å². The molecule has 0 atom stereocenters. The minimum atomic E-state index is -0.290. The molecule has 0 unspecified atom stereocenters.